The smallest absolute Gasteiger partial charge is 0.191 e. The molecule has 0 bridgehead atoms. The maximum Gasteiger partial charge on any atom is 0.191 e. The van der Waals surface area contributed by atoms with E-state index in [9.17, 15) is 5.11 Å². The predicted octanol–water partition coefficient (Wildman–Crippen LogP) is 1.27. The van der Waals surface area contributed by atoms with Crippen LogP contribution in [0.3, 0.4) is 0 Å². The van der Waals surface area contributed by atoms with E-state index in [2.05, 4.69) is 39.7 Å². The average Bonchev–Trinajstić information content (AvgIpc) is 2.60. The van der Waals surface area contributed by atoms with Gasteiger partial charge < -0.3 is 20.6 Å². The van der Waals surface area contributed by atoms with Crippen molar-refractivity contribution in [1.29, 1.82) is 0 Å². The molecule has 1 fully saturated rings. The van der Waals surface area contributed by atoms with Gasteiger partial charge in [0.1, 0.15) is 0 Å². The molecule has 0 spiro atoms. The number of benzene rings is 1. The molecule has 1 aromatic carbocycles. The zero-order valence-electron chi connectivity index (χ0n) is 14.3. The number of piperidine rings is 1. The lowest BCUT2D eigenvalue weighted by atomic mass is 9.97. The molecule has 128 valence electrons. The Morgan fingerprint density at radius 3 is 2.57 bits per heavy atom. The first-order valence-corrected chi connectivity index (χ1v) is 8.51. The van der Waals surface area contributed by atoms with Crippen LogP contribution in [0.25, 0.3) is 0 Å². The summed E-state index contributed by atoms with van der Waals surface area (Å²) >= 11 is 0. The number of guanidine groups is 1. The zero-order valence-corrected chi connectivity index (χ0v) is 14.3. The van der Waals surface area contributed by atoms with E-state index in [1.165, 1.54) is 25.9 Å². The Morgan fingerprint density at radius 1 is 1.26 bits per heavy atom. The third-order valence-electron chi connectivity index (χ3n) is 4.63. The van der Waals surface area contributed by atoms with E-state index in [0.717, 1.165) is 18.1 Å². The van der Waals surface area contributed by atoms with Crippen LogP contribution in [0.4, 0.5) is 0 Å². The van der Waals surface area contributed by atoms with Crippen molar-refractivity contribution in [1.82, 2.24) is 15.5 Å². The van der Waals surface area contributed by atoms with Gasteiger partial charge in [0.25, 0.3) is 0 Å². The highest BCUT2D eigenvalue weighted by molar-refractivity contribution is 5.79. The van der Waals surface area contributed by atoms with Crippen molar-refractivity contribution >= 4 is 5.96 Å². The second kappa shape index (κ2) is 9.53. The Morgan fingerprint density at radius 2 is 1.96 bits per heavy atom. The minimum atomic E-state index is 0.0816. The molecule has 0 saturated carbocycles. The van der Waals surface area contributed by atoms with Crippen molar-refractivity contribution in [3.05, 3.63) is 35.9 Å². The first-order valence-electron chi connectivity index (χ1n) is 8.51. The van der Waals surface area contributed by atoms with Crippen molar-refractivity contribution in [3.8, 4) is 0 Å². The van der Waals surface area contributed by atoms with Gasteiger partial charge in [0.15, 0.2) is 5.96 Å². The van der Waals surface area contributed by atoms with Crippen LogP contribution in [0.5, 0.6) is 0 Å². The molecule has 5 heteroatoms. The van der Waals surface area contributed by atoms with Gasteiger partial charge in [-0.05, 0) is 44.5 Å². The Hall–Kier alpha value is -1.59. The lowest BCUT2D eigenvalue weighted by Crippen LogP contribution is -2.43. The number of hydrogen-bond acceptors (Lipinski definition) is 3. The van der Waals surface area contributed by atoms with Gasteiger partial charge in [-0.1, -0.05) is 30.3 Å². The Labute approximate surface area is 139 Å². The summed E-state index contributed by atoms with van der Waals surface area (Å²) in [6.45, 7) is 4.12. The highest BCUT2D eigenvalue weighted by Crippen LogP contribution is 2.15. The summed E-state index contributed by atoms with van der Waals surface area (Å²) in [5.74, 6) is 1.61. The van der Waals surface area contributed by atoms with Crippen LogP contribution in [0, 0.1) is 5.92 Å². The molecule has 0 amide bonds. The summed E-state index contributed by atoms with van der Waals surface area (Å²) in [7, 11) is 3.98. The van der Waals surface area contributed by atoms with Gasteiger partial charge in [-0.15, -0.1) is 0 Å². The molecule has 1 aliphatic rings. The fourth-order valence-corrected chi connectivity index (χ4v) is 2.96. The lowest BCUT2D eigenvalue weighted by molar-refractivity contribution is 0.220. The number of nitrogens with one attached hydrogen (secondary N) is 2. The van der Waals surface area contributed by atoms with Gasteiger partial charge in [-0.2, -0.15) is 0 Å². The molecule has 2 rings (SSSR count). The van der Waals surface area contributed by atoms with Crippen molar-refractivity contribution in [3.63, 3.8) is 0 Å². The van der Waals surface area contributed by atoms with Gasteiger partial charge in [0, 0.05) is 26.1 Å². The first-order chi connectivity index (χ1) is 11.2. The fraction of sp³-hybridized carbons (Fsp3) is 0.611. The van der Waals surface area contributed by atoms with Crippen molar-refractivity contribution in [2.45, 2.75) is 18.8 Å². The highest BCUT2D eigenvalue weighted by Gasteiger charge is 2.17. The average molecular weight is 318 g/mol. The van der Waals surface area contributed by atoms with Crippen molar-refractivity contribution in [2.75, 3.05) is 46.9 Å². The number of nitrogens with zero attached hydrogens (tertiary/aromatic N) is 2. The molecule has 3 N–H and O–H groups in total. The molecule has 1 aliphatic heterocycles. The Kier molecular flexibility index (Phi) is 7.36. The van der Waals surface area contributed by atoms with Crippen LogP contribution >= 0.6 is 0 Å². The number of aliphatic hydroxyl groups excluding tert-OH is 1. The third kappa shape index (κ3) is 5.84. The van der Waals surface area contributed by atoms with E-state index in [4.69, 9.17) is 0 Å². The summed E-state index contributed by atoms with van der Waals surface area (Å²) in [6.07, 6.45) is 2.48. The van der Waals surface area contributed by atoms with Crippen molar-refractivity contribution < 1.29 is 5.11 Å². The minimum absolute atomic E-state index is 0.0816. The largest absolute Gasteiger partial charge is 0.396 e. The topological polar surface area (TPSA) is 59.9 Å². The van der Waals surface area contributed by atoms with Crippen molar-refractivity contribution in [2.24, 2.45) is 10.9 Å². The number of aliphatic hydroxyl groups is 1. The third-order valence-corrected chi connectivity index (χ3v) is 4.63. The van der Waals surface area contributed by atoms with E-state index >= 15 is 0 Å². The normalized spacial score (nSPS) is 18.7. The molecule has 0 aromatic heterocycles. The van der Waals surface area contributed by atoms with E-state index in [-0.39, 0.29) is 12.5 Å². The van der Waals surface area contributed by atoms with Crippen LogP contribution in [0.2, 0.25) is 0 Å². The van der Waals surface area contributed by atoms with Crippen LogP contribution < -0.4 is 10.6 Å². The van der Waals surface area contributed by atoms with Gasteiger partial charge in [0.2, 0.25) is 0 Å². The number of rotatable bonds is 6. The summed E-state index contributed by atoms with van der Waals surface area (Å²) in [6, 6.07) is 10.1. The summed E-state index contributed by atoms with van der Waals surface area (Å²) in [5.41, 5.74) is 1.15. The quantitative estimate of drug-likeness (QED) is 0.546. The monoisotopic (exact) mass is 318 g/mol. The number of likely N-dealkylation sites (tertiary alicyclic amines) is 1. The first kappa shape index (κ1) is 17.8. The van der Waals surface area contributed by atoms with Crippen LogP contribution in [0.15, 0.2) is 35.3 Å². The SMILES string of the molecule is CN=C(NCC1CCN(C)CC1)NCC(CO)c1ccccc1. The minimum Gasteiger partial charge on any atom is -0.396 e. The molecule has 23 heavy (non-hydrogen) atoms. The standard InChI is InChI=1S/C18H30N4O/c1-19-18(20-12-15-8-10-22(2)11-9-15)21-13-17(14-23)16-6-4-3-5-7-16/h3-7,15,17,23H,8-14H2,1-2H3,(H2,19,20,21). The fourth-order valence-electron chi connectivity index (χ4n) is 2.96. The Balaban J connectivity index is 1.76. The van der Waals surface area contributed by atoms with E-state index in [1.54, 1.807) is 7.05 Å². The molecule has 1 atom stereocenters. The second-order valence-corrected chi connectivity index (χ2v) is 6.37. The maximum atomic E-state index is 9.62. The zero-order chi connectivity index (χ0) is 16.5. The van der Waals surface area contributed by atoms with E-state index in [1.807, 2.05) is 18.2 Å². The molecule has 0 aliphatic carbocycles. The van der Waals surface area contributed by atoms with Crippen LogP contribution in [-0.4, -0.2) is 62.8 Å². The molecule has 1 aromatic rings. The van der Waals surface area contributed by atoms with Gasteiger partial charge in [0.05, 0.1) is 6.61 Å². The molecule has 1 heterocycles. The predicted molar refractivity (Wildman–Crippen MR) is 95.9 cm³/mol. The van der Waals surface area contributed by atoms with Gasteiger partial charge >= 0.3 is 0 Å². The molecular weight excluding hydrogens is 288 g/mol. The van der Waals surface area contributed by atoms with E-state index < -0.39 is 0 Å². The molecule has 5 nitrogen and oxygen atoms in total. The summed E-state index contributed by atoms with van der Waals surface area (Å²) < 4.78 is 0. The van der Waals surface area contributed by atoms with Crippen LogP contribution in [0.1, 0.15) is 24.3 Å². The number of aliphatic imine (C=N–C) groups is 1. The summed E-state index contributed by atoms with van der Waals surface area (Å²) in [4.78, 5) is 6.67. The molecular formula is C18H30N4O. The molecule has 0 radical (unpaired) electrons. The highest BCUT2D eigenvalue weighted by atomic mass is 16.3. The van der Waals surface area contributed by atoms with Gasteiger partial charge in [-0.3, -0.25) is 4.99 Å². The summed E-state index contributed by atoms with van der Waals surface area (Å²) in [5, 5.41) is 16.4. The maximum absolute atomic E-state index is 9.62. The Bertz CT molecular complexity index is 469. The van der Waals surface area contributed by atoms with Crippen LogP contribution in [-0.2, 0) is 0 Å². The van der Waals surface area contributed by atoms with E-state index in [0.29, 0.717) is 12.5 Å². The second-order valence-electron chi connectivity index (χ2n) is 6.37. The lowest BCUT2D eigenvalue weighted by Gasteiger charge is -2.29. The molecule has 1 unspecified atom stereocenters. The molecule has 1 saturated heterocycles. The van der Waals surface area contributed by atoms with Gasteiger partial charge in [-0.25, -0.2) is 0 Å². The number of hydrogen-bond donors (Lipinski definition) is 3.